The molecule has 1 aliphatic heterocycles. The highest BCUT2D eigenvalue weighted by Gasteiger charge is 2.32. The summed E-state index contributed by atoms with van der Waals surface area (Å²) in [6.45, 7) is 6.07. The van der Waals surface area contributed by atoms with Crippen LogP contribution in [-0.4, -0.2) is 42.2 Å². The zero-order valence-corrected chi connectivity index (χ0v) is 15.8. The molecule has 2 atom stereocenters. The summed E-state index contributed by atoms with van der Waals surface area (Å²) in [6.07, 6.45) is 9.34. The Labute approximate surface area is 161 Å². The summed E-state index contributed by atoms with van der Waals surface area (Å²) >= 11 is 0. The molecule has 2 aromatic carbocycles. The lowest BCUT2D eigenvalue weighted by atomic mass is 9.87. The van der Waals surface area contributed by atoms with Gasteiger partial charge in [0.1, 0.15) is 0 Å². The SMILES string of the molecule is Cc1ccc(N2CCN([C@@H]3C=Cc4cc5c(cc4[C@H]3O)C=CC5)CC2)cc1. The van der Waals surface area contributed by atoms with Crippen molar-refractivity contribution in [2.45, 2.75) is 25.5 Å². The number of benzene rings is 2. The molecule has 5 rings (SSSR count). The van der Waals surface area contributed by atoms with Gasteiger partial charge in [0.2, 0.25) is 0 Å². The molecule has 1 heterocycles. The molecular weight excluding hydrogens is 332 g/mol. The van der Waals surface area contributed by atoms with Crippen LogP contribution in [0.5, 0.6) is 0 Å². The van der Waals surface area contributed by atoms with Gasteiger partial charge in [0.15, 0.2) is 0 Å². The average molecular weight is 358 g/mol. The van der Waals surface area contributed by atoms with Crippen LogP contribution in [0, 0.1) is 6.92 Å². The molecule has 3 aliphatic rings. The lowest BCUT2D eigenvalue weighted by Crippen LogP contribution is -2.51. The van der Waals surface area contributed by atoms with Crippen LogP contribution in [0.2, 0.25) is 0 Å². The van der Waals surface area contributed by atoms with Gasteiger partial charge in [-0.25, -0.2) is 0 Å². The Morgan fingerprint density at radius 2 is 1.70 bits per heavy atom. The van der Waals surface area contributed by atoms with Crippen LogP contribution < -0.4 is 4.90 Å². The Morgan fingerprint density at radius 1 is 0.926 bits per heavy atom. The molecule has 1 N–H and O–H groups in total. The van der Waals surface area contributed by atoms with E-state index in [0.717, 1.165) is 38.2 Å². The van der Waals surface area contributed by atoms with E-state index in [2.05, 4.69) is 77.4 Å². The van der Waals surface area contributed by atoms with Crippen LogP contribution in [0.3, 0.4) is 0 Å². The van der Waals surface area contributed by atoms with E-state index < -0.39 is 6.10 Å². The number of aliphatic hydroxyl groups is 1. The molecule has 0 radical (unpaired) electrons. The van der Waals surface area contributed by atoms with E-state index in [1.165, 1.54) is 27.9 Å². The predicted octanol–water partition coefficient (Wildman–Crippen LogP) is 3.82. The first-order chi connectivity index (χ1) is 13.2. The zero-order chi connectivity index (χ0) is 18.4. The summed E-state index contributed by atoms with van der Waals surface area (Å²) in [5.41, 5.74) is 7.50. The highest BCUT2D eigenvalue weighted by Crippen LogP contribution is 2.35. The van der Waals surface area contributed by atoms with E-state index in [4.69, 9.17) is 0 Å². The Hall–Kier alpha value is -2.36. The highest BCUT2D eigenvalue weighted by molar-refractivity contribution is 5.68. The molecule has 1 fully saturated rings. The van der Waals surface area contributed by atoms with Gasteiger partial charge in [-0.2, -0.15) is 0 Å². The second kappa shape index (κ2) is 6.66. The van der Waals surface area contributed by atoms with Gasteiger partial charge in [0, 0.05) is 31.9 Å². The lowest BCUT2D eigenvalue weighted by Gasteiger charge is -2.42. The Morgan fingerprint density at radius 3 is 2.48 bits per heavy atom. The van der Waals surface area contributed by atoms with Gasteiger partial charge in [0.25, 0.3) is 0 Å². The molecule has 3 heteroatoms. The molecular formula is C24H26N2O. The minimum absolute atomic E-state index is 0.0705. The first kappa shape index (κ1) is 16.8. The molecule has 0 amide bonds. The van der Waals surface area contributed by atoms with Crippen LogP contribution >= 0.6 is 0 Å². The number of fused-ring (bicyclic) bond motifs is 2. The summed E-state index contributed by atoms with van der Waals surface area (Å²) < 4.78 is 0. The zero-order valence-electron chi connectivity index (χ0n) is 15.8. The quantitative estimate of drug-likeness (QED) is 0.884. The number of aliphatic hydroxyl groups excluding tert-OH is 1. The van der Waals surface area contributed by atoms with E-state index in [1.54, 1.807) is 0 Å². The maximum atomic E-state index is 11.1. The van der Waals surface area contributed by atoms with Crippen molar-refractivity contribution in [3.05, 3.63) is 76.4 Å². The minimum atomic E-state index is -0.449. The second-order valence-corrected chi connectivity index (χ2v) is 7.94. The fourth-order valence-corrected chi connectivity index (χ4v) is 4.59. The molecule has 27 heavy (non-hydrogen) atoms. The van der Waals surface area contributed by atoms with Crippen molar-refractivity contribution in [2.24, 2.45) is 0 Å². The Kier molecular flexibility index (Phi) is 4.14. The number of piperazine rings is 1. The molecule has 3 nitrogen and oxygen atoms in total. The number of hydrogen-bond acceptors (Lipinski definition) is 3. The number of anilines is 1. The van der Waals surface area contributed by atoms with Crippen LogP contribution in [0.15, 0.2) is 48.6 Å². The largest absolute Gasteiger partial charge is 0.386 e. The number of allylic oxidation sites excluding steroid dienone is 1. The first-order valence-corrected chi connectivity index (χ1v) is 9.94. The predicted molar refractivity (Wildman–Crippen MR) is 112 cm³/mol. The van der Waals surface area contributed by atoms with Gasteiger partial charge >= 0.3 is 0 Å². The van der Waals surface area contributed by atoms with Crippen LogP contribution in [-0.2, 0) is 6.42 Å². The van der Waals surface area contributed by atoms with Crippen molar-refractivity contribution in [2.75, 3.05) is 31.1 Å². The average Bonchev–Trinajstić information content (AvgIpc) is 3.15. The van der Waals surface area contributed by atoms with Crippen molar-refractivity contribution in [1.82, 2.24) is 4.90 Å². The van der Waals surface area contributed by atoms with Gasteiger partial charge in [0.05, 0.1) is 12.1 Å². The molecule has 0 bridgehead atoms. The molecule has 0 aromatic heterocycles. The van der Waals surface area contributed by atoms with Crippen LogP contribution in [0.1, 0.15) is 33.9 Å². The normalized spacial score (nSPS) is 24.1. The van der Waals surface area contributed by atoms with E-state index in [1.807, 2.05) is 0 Å². The fourth-order valence-electron chi connectivity index (χ4n) is 4.59. The highest BCUT2D eigenvalue weighted by atomic mass is 16.3. The molecule has 1 saturated heterocycles. The number of hydrogen-bond donors (Lipinski definition) is 1. The Balaban J connectivity index is 1.31. The summed E-state index contributed by atoms with van der Waals surface area (Å²) in [5, 5.41) is 11.1. The van der Waals surface area contributed by atoms with Gasteiger partial charge < -0.3 is 10.0 Å². The number of aryl methyl sites for hydroxylation is 1. The van der Waals surface area contributed by atoms with Crippen molar-refractivity contribution in [1.29, 1.82) is 0 Å². The van der Waals surface area contributed by atoms with Gasteiger partial charge in [-0.1, -0.05) is 48.1 Å². The second-order valence-electron chi connectivity index (χ2n) is 7.94. The van der Waals surface area contributed by atoms with E-state index >= 15 is 0 Å². The van der Waals surface area contributed by atoms with Crippen LogP contribution in [0.4, 0.5) is 5.69 Å². The molecule has 0 saturated carbocycles. The lowest BCUT2D eigenvalue weighted by molar-refractivity contribution is 0.0684. The topological polar surface area (TPSA) is 26.7 Å². The van der Waals surface area contributed by atoms with Gasteiger partial charge in [-0.3, -0.25) is 4.90 Å². The summed E-state index contributed by atoms with van der Waals surface area (Å²) in [7, 11) is 0. The van der Waals surface area contributed by atoms with E-state index in [9.17, 15) is 5.11 Å². The molecule has 2 aromatic rings. The van der Waals surface area contributed by atoms with Gasteiger partial charge in [-0.05, 0) is 53.8 Å². The maximum Gasteiger partial charge on any atom is 0.0987 e. The summed E-state index contributed by atoms with van der Waals surface area (Å²) in [5.74, 6) is 0. The van der Waals surface area contributed by atoms with Gasteiger partial charge in [-0.15, -0.1) is 0 Å². The molecule has 138 valence electrons. The third kappa shape index (κ3) is 3.01. The first-order valence-electron chi connectivity index (χ1n) is 9.94. The third-order valence-corrected chi connectivity index (χ3v) is 6.23. The smallest absolute Gasteiger partial charge is 0.0987 e. The molecule has 2 aliphatic carbocycles. The number of rotatable bonds is 2. The van der Waals surface area contributed by atoms with Crippen molar-refractivity contribution in [3.63, 3.8) is 0 Å². The van der Waals surface area contributed by atoms with E-state index in [0.29, 0.717) is 0 Å². The van der Waals surface area contributed by atoms with Crippen LogP contribution in [0.25, 0.3) is 12.2 Å². The van der Waals surface area contributed by atoms with Crippen molar-refractivity contribution >= 4 is 17.8 Å². The number of nitrogens with zero attached hydrogens (tertiary/aromatic N) is 2. The molecule has 0 unspecified atom stereocenters. The molecule has 0 spiro atoms. The minimum Gasteiger partial charge on any atom is -0.386 e. The fraction of sp³-hybridized carbons (Fsp3) is 0.333. The van der Waals surface area contributed by atoms with Crippen molar-refractivity contribution in [3.8, 4) is 0 Å². The van der Waals surface area contributed by atoms with Crippen molar-refractivity contribution < 1.29 is 5.11 Å². The summed E-state index contributed by atoms with van der Waals surface area (Å²) in [6, 6.07) is 13.3. The Bertz CT molecular complexity index is 905. The monoisotopic (exact) mass is 358 g/mol. The standard InChI is InChI=1S/C24H26N2O/c1-17-5-8-21(9-6-17)25-11-13-26(14-12-25)23-10-7-20-15-18-3-2-4-19(18)16-22(20)24(23)27/h2,4-10,15-16,23-24,27H,3,11-14H2,1H3/t23-,24-/m1/s1. The summed E-state index contributed by atoms with van der Waals surface area (Å²) in [4.78, 5) is 4.87. The maximum absolute atomic E-state index is 11.1. The third-order valence-electron chi connectivity index (χ3n) is 6.23. The van der Waals surface area contributed by atoms with E-state index in [-0.39, 0.29) is 6.04 Å².